The van der Waals surface area contributed by atoms with Gasteiger partial charge >= 0.3 is 0 Å². The molecule has 2 rings (SSSR count). The van der Waals surface area contributed by atoms with Crippen molar-refractivity contribution in [2.75, 3.05) is 0 Å². The standard InChI is InChI=1S/C24H40O/c1-5-6-8-11-21(19-24(25)16-9-7-10-17-24)18-20-12-14-22(15-13-20)23(2,3)4/h12-15,21,25H,5-11,16-19H2,1-4H3. The predicted octanol–water partition coefficient (Wildman–Crippen LogP) is 6.81. The predicted molar refractivity (Wildman–Crippen MR) is 109 cm³/mol. The first-order valence-electron chi connectivity index (χ1n) is 10.6. The van der Waals surface area contributed by atoms with Crippen molar-refractivity contribution in [2.24, 2.45) is 5.92 Å². The maximum atomic E-state index is 11.0. The summed E-state index contributed by atoms with van der Waals surface area (Å²) in [5, 5.41) is 11.0. The van der Waals surface area contributed by atoms with Crippen LogP contribution >= 0.6 is 0 Å². The molecule has 1 nitrogen and oxygen atoms in total. The van der Waals surface area contributed by atoms with Crippen LogP contribution in [0.15, 0.2) is 24.3 Å². The van der Waals surface area contributed by atoms with E-state index in [9.17, 15) is 5.11 Å². The molecule has 1 heteroatoms. The summed E-state index contributed by atoms with van der Waals surface area (Å²) in [5.74, 6) is 0.620. The molecule has 142 valence electrons. The van der Waals surface area contributed by atoms with Gasteiger partial charge in [-0.1, -0.05) is 96.9 Å². The van der Waals surface area contributed by atoms with E-state index in [2.05, 4.69) is 52.0 Å². The zero-order valence-electron chi connectivity index (χ0n) is 17.1. The maximum absolute atomic E-state index is 11.0. The quantitative estimate of drug-likeness (QED) is 0.514. The van der Waals surface area contributed by atoms with E-state index in [0.717, 1.165) is 25.7 Å². The molecule has 0 amide bonds. The van der Waals surface area contributed by atoms with Crippen LogP contribution in [0.1, 0.15) is 103 Å². The maximum Gasteiger partial charge on any atom is 0.0650 e. The lowest BCUT2D eigenvalue weighted by atomic mass is 9.76. The minimum atomic E-state index is -0.388. The van der Waals surface area contributed by atoms with Crippen LogP contribution in [0.2, 0.25) is 0 Å². The Balaban J connectivity index is 2.01. The third kappa shape index (κ3) is 6.77. The second kappa shape index (κ2) is 9.21. The molecule has 1 saturated carbocycles. The van der Waals surface area contributed by atoms with Crippen LogP contribution in [0.3, 0.4) is 0 Å². The molecule has 0 heterocycles. The highest BCUT2D eigenvalue weighted by molar-refractivity contribution is 5.27. The van der Waals surface area contributed by atoms with Crippen molar-refractivity contribution in [3.63, 3.8) is 0 Å². The highest BCUT2D eigenvalue weighted by atomic mass is 16.3. The van der Waals surface area contributed by atoms with Gasteiger partial charge in [0.2, 0.25) is 0 Å². The minimum Gasteiger partial charge on any atom is -0.390 e. The monoisotopic (exact) mass is 344 g/mol. The molecule has 1 atom stereocenters. The van der Waals surface area contributed by atoms with E-state index < -0.39 is 0 Å². The van der Waals surface area contributed by atoms with Gasteiger partial charge in [0.05, 0.1) is 5.60 Å². The van der Waals surface area contributed by atoms with Crippen molar-refractivity contribution in [1.29, 1.82) is 0 Å². The largest absolute Gasteiger partial charge is 0.390 e. The van der Waals surface area contributed by atoms with Crippen LogP contribution in [0.5, 0.6) is 0 Å². The van der Waals surface area contributed by atoms with E-state index in [4.69, 9.17) is 0 Å². The Morgan fingerprint density at radius 1 is 1.00 bits per heavy atom. The Labute approximate surface area is 156 Å². The van der Waals surface area contributed by atoms with Crippen LogP contribution in [0, 0.1) is 5.92 Å². The molecule has 25 heavy (non-hydrogen) atoms. The van der Waals surface area contributed by atoms with Gasteiger partial charge in [-0.3, -0.25) is 0 Å². The molecule has 0 spiro atoms. The van der Waals surface area contributed by atoms with Crippen LogP contribution in [0.25, 0.3) is 0 Å². The molecular formula is C24H40O. The van der Waals surface area contributed by atoms with Gasteiger partial charge in [-0.15, -0.1) is 0 Å². The van der Waals surface area contributed by atoms with Gasteiger partial charge < -0.3 is 5.11 Å². The first kappa shape index (κ1) is 20.5. The highest BCUT2D eigenvalue weighted by Crippen LogP contribution is 2.36. The number of aliphatic hydroxyl groups is 1. The van der Waals surface area contributed by atoms with Crippen LogP contribution in [-0.4, -0.2) is 10.7 Å². The molecular weight excluding hydrogens is 304 g/mol. The smallest absolute Gasteiger partial charge is 0.0650 e. The Kier molecular flexibility index (Phi) is 7.55. The van der Waals surface area contributed by atoms with E-state index >= 15 is 0 Å². The molecule has 0 aromatic heterocycles. The van der Waals surface area contributed by atoms with Gasteiger partial charge in [0, 0.05) is 0 Å². The Morgan fingerprint density at radius 3 is 2.20 bits per heavy atom. The van der Waals surface area contributed by atoms with E-state index in [1.807, 2.05) is 0 Å². The summed E-state index contributed by atoms with van der Waals surface area (Å²) in [5.41, 5.74) is 2.68. The summed E-state index contributed by atoms with van der Waals surface area (Å²) >= 11 is 0. The van der Waals surface area contributed by atoms with Crippen LogP contribution in [0.4, 0.5) is 0 Å². The molecule has 1 aromatic rings. The number of unbranched alkanes of at least 4 members (excludes halogenated alkanes) is 2. The molecule has 0 bridgehead atoms. The average molecular weight is 345 g/mol. The lowest BCUT2D eigenvalue weighted by molar-refractivity contribution is -0.0188. The molecule has 1 aliphatic carbocycles. The molecule has 1 fully saturated rings. The number of hydrogen-bond donors (Lipinski definition) is 1. The lowest BCUT2D eigenvalue weighted by Crippen LogP contribution is -2.34. The van der Waals surface area contributed by atoms with Gasteiger partial charge in [-0.2, -0.15) is 0 Å². The highest BCUT2D eigenvalue weighted by Gasteiger charge is 2.31. The molecule has 1 aliphatic rings. The normalized spacial score (nSPS) is 18.9. The fourth-order valence-electron chi connectivity index (χ4n) is 4.38. The summed E-state index contributed by atoms with van der Waals surface area (Å²) in [6.07, 6.45) is 13.0. The van der Waals surface area contributed by atoms with Gasteiger partial charge in [-0.05, 0) is 48.1 Å². The summed E-state index contributed by atoms with van der Waals surface area (Å²) in [6, 6.07) is 9.23. The first-order chi connectivity index (χ1) is 11.8. The molecule has 1 unspecified atom stereocenters. The average Bonchev–Trinajstić information content (AvgIpc) is 2.55. The van der Waals surface area contributed by atoms with Crippen molar-refractivity contribution in [3.8, 4) is 0 Å². The number of hydrogen-bond acceptors (Lipinski definition) is 1. The lowest BCUT2D eigenvalue weighted by Gasteiger charge is -2.35. The van der Waals surface area contributed by atoms with E-state index in [1.165, 1.54) is 56.1 Å². The molecule has 1 aromatic carbocycles. The van der Waals surface area contributed by atoms with Crippen LogP contribution in [-0.2, 0) is 11.8 Å². The zero-order valence-corrected chi connectivity index (χ0v) is 17.1. The second-order valence-corrected chi connectivity index (χ2v) is 9.50. The van der Waals surface area contributed by atoms with Gasteiger partial charge in [0.1, 0.15) is 0 Å². The summed E-state index contributed by atoms with van der Waals surface area (Å²) in [4.78, 5) is 0. The molecule has 0 saturated heterocycles. The summed E-state index contributed by atoms with van der Waals surface area (Å²) < 4.78 is 0. The van der Waals surface area contributed by atoms with Crippen molar-refractivity contribution < 1.29 is 5.11 Å². The minimum absolute atomic E-state index is 0.219. The zero-order chi connectivity index (χ0) is 18.3. The number of rotatable bonds is 8. The SMILES string of the molecule is CCCCCC(Cc1ccc(C(C)(C)C)cc1)CC1(O)CCCCC1. The topological polar surface area (TPSA) is 20.2 Å². The van der Waals surface area contributed by atoms with E-state index in [0.29, 0.717) is 5.92 Å². The third-order valence-electron chi connectivity index (χ3n) is 6.01. The number of benzene rings is 1. The third-order valence-corrected chi connectivity index (χ3v) is 6.01. The Morgan fingerprint density at radius 2 is 1.64 bits per heavy atom. The Hall–Kier alpha value is -0.820. The van der Waals surface area contributed by atoms with Gasteiger partial charge in [0.15, 0.2) is 0 Å². The van der Waals surface area contributed by atoms with E-state index in [-0.39, 0.29) is 11.0 Å². The fraction of sp³-hybridized carbons (Fsp3) is 0.750. The summed E-state index contributed by atoms with van der Waals surface area (Å²) in [6.45, 7) is 9.09. The van der Waals surface area contributed by atoms with Crippen molar-refractivity contribution >= 4 is 0 Å². The Bertz CT molecular complexity index is 488. The van der Waals surface area contributed by atoms with Crippen molar-refractivity contribution in [2.45, 2.75) is 109 Å². The van der Waals surface area contributed by atoms with Crippen molar-refractivity contribution in [1.82, 2.24) is 0 Å². The molecule has 0 radical (unpaired) electrons. The summed E-state index contributed by atoms with van der Waals surface area (Å²) in [7, 11) is 0. The second-order valence-electron chi connectivity index (χ2n) is 9.50. The molecule has 1 N–H and O–H groups in total. The molecule has 0 aliphatic heterocycles. The van der Waals surface area contributed by atoms with E-state index in [1.54, 1.807) is 0 Å². The fourth-order valence-corrected chi connectivity index (χ4v) is 4.38. The first-order valence-corrected chi connectivity index (χ1v) is 10.6. The van der Waals surface area contributed by atoms with Crippen LogP contribution < -0.4 is 0 Å². The van der Waals surface area contributed by atoms with Gasteiger partial charge in [0.25, 0.3) is 0 Å². The van der Waals surface area contributed by atoms with Crippen molar-refractivity contribution in [3.05, 3.63) is 35.4 Å². The van der Waals surface area contributed by atoms with Gasteiger partial charge in [-0.25, -0.2) is 0 Å².